The average Bonchev–Trinajstić information content (AvgIpc) is 0.952. The van der Waals surface area contributed by atoms with E-state index in [-0.39, 0.29) is 25.7 Å². The highest BCUT2D eigenvalue weighted by Gasteiger charge is 2.30. The molecular formula is C79H154O17P2. The lowest BCUT2D eigenvalue weighted by molar-refractivity contribution is -0.161. The number of rotatable bonds is 77. The van der Waals surface area contributed by atoms with Crippen LogP contribution in [0.1, 0.15) is 408 Å². The van der Waals surface area contributed by atoms with E-state index >= 15 is 0 Å². The van der Waals surface area contributed by atoms with E-state index in [1.165, 1.54) is 212 Å². The minimum Gasteiger partial charge on any atom is -0.462 e. The van der Waals surface area contributed by atoms with E-state index in [4.69, 9.17) is 37.0 Å². The van der Waals surface area contributed by atoms with Gasteiger partial charge in [0.15, 0.2) is 12.2 Å². The first-order valence-electron chi connectivity index (χ1n) is 40.9. The van der Waals surface area contributed by atoms with E-state index in [1.807, 2.05) is 0 Å². The second-order valence-electron chi connectivity index (χ2n) is 29.6. The van der Waals surface area contributed by atoms with Crippen LogP contribution in [-0.2, 0) is 65.4 Å². The molecule has 0 heterocycles. The van der Waals surface area contributed by atoms with Crippen molar-refractivity contribution in [3.8, 4) is 0 Å². The Balaban J connectivity index is 5.18. The maximum absolute atomic E-state index is 13.1. The Bertz CT molecular complexity index is 1910. The normalized spacial score (nSPS) is 14.3. The topological polar surface area (TPSA) is 237 Å². The predicted molar refractivity (Wildman–Crippen MR) is 400 cm³/mol. The van der Waals surface area contributed by atoms with Crippen LogP contribution < -0.4 is 0 Å². The van der Waals surface area contributed by atoms with Crippen molar-refractivity contribution in [2.45, 2.75) is 426 Å². The van der Waals surface area contributed by atoms with Crippen LogP contribution in [0.25, 0.3) is 0 Å². The van der Waals surface area contributed by atoms with Gasteiger partial charge in [0.1, 0.15) is 19.3 Å². The second-order valence-corrected chi connectivity index (χ2v) is 32.6. The van der Waals surface area contributed by atoms with Gasteiger partial charge in [-0.2, -0.15) is 0 Å². The number of unbranched alkanes of at least 4 members (excludes halogenated alkanes) is 44. The number of hydrogen-bond donors (Lipinski definition) is 3. The summed E-state index contributed by atoms with van der Waals surface area (Å²) in [5.41, 5.74) is 0. The van der Waals surface area contributed by atoms with Crippen LogP contribution >= 0.6 is 15.6 Å². The summed E-state index contributed by atoms with van der Waals surface area (Å²) in [6.07, 6.45) is 57.0. The summed E-state index contributed by atoms with van der Waals surface area (Å²) in [4.78, 5) is 72.8. The van der Waals surface area contributed by atoms with E-state index in [9.17, 15) is 43.2 Å². The van der Waals surface area contributed by atoms with E-state index < -0.39 is 97.5 Å². The number of phosphoric acid groups is 2. The Morgan fingerprint density at radius 2 is 0.520 bits per heavy atom. The zero-order valence-corrected chi connectivity index (χ0v) is 66.0. The molecule has 98 heavy (non-hydrogen) atoms. The van der Waals surface area contributed by atoms with Crippen LogP contribution in [0.4, 0.5) is 0 Å². The molecule has 582 valence electrons. The first kappa shape index (κ1) is 96.1. The van der Waals surface area contributed by atoms with Crippen molar-refractivity contribution in [2.24, 2.45) is 17.8 Å². The van der Waals surface area contributed by atoms with E-state index in [1.54, 1.807) is 0 Å². The Kier molecular flexibility index (Phi) is 68.1. The summed E-state index contributed by atoms with van der Waals surface area (Å²) >= 11 is 0. The average molecular weight is 1440 g/mol. The van der Waals surface area contributed by atoms with Crippen LogP contribution in [0.2, 0.25) is 0 Å². The van der Waals surface area contributed by atoms with Crippen LogP contribution in [-0.4, -0.2) is 96.7 Å². The summed E-state index contributed by atoms with van der Waals surface area (Å²) in [5, 5.41) is 10.6. The molecule has 3 N–H and O–H groups in total. The minimum atomic E-state index is -4.96. The molecule has 0 amide bonds. The molecule has 0 rings (SSSR count). The van der Waals surface area contributed by atoms with Gasteiger partial charge in [0.2, 0.25) is 0 Å². The number of ether oxygens (including phenoxy) is 4. The van der Waals surface area contributed by atoms with Crippen molar-refractivity contribution >= 4 is 39.5 Å². The van der Waals surface area contributed by atoms with Gasteiger partial charge in [-0.05, 0) is 43.4 Å². The summed E-state index contributed by atoms with van der Waals surface area (Å²) < 4.78 is 68.5. The number of hydrogen-bond acceptors (Lipinski definition) is 15. The fraction of sp³-hybridized carbons (Fsp3) is 0.949. The molecule has 0 bridgehead atoms. The van der Waals surface area contributed by atoms with Gasteiger partial charge in [-0.25, -0.2) is 9.13 Å². The van der Waals surface area contributed by atoms with Crippen LogP contribution in [0.5, 0.6) is 0 Å². The molecule has 0 fully saturated rings. The first-order valence-corrected chi connectivity index (χ1v) is 43.9. The number of aliphatic hydroxyl groups excluding tert-OH is 1. The van der Waals surface area contributed by atoms with Gasteiger partial charge in [0.25, 0.3) is 0 Å². The van der Waals surface area contributed by atoms with E-state index in [2.05, 4.69) is 48.5 Å². The summed E-state index contributed by atoms with van der Waals surface area (Å²) in [5.74, 6) is 0.288. The third kappa shape index (κ3) is 71.1. The molecule has 17 nitrogen and oxygen atoms in total. The quantitative estimate of drug-likeness (QED) is 0.0222. The van der Waals surface area contributed by atoms with Gasteiger partial charge in [-0.15, -0.1) is 0 Å². The van der Waals surface area contributed by atoms with Gasteiger partial charge in [-0.1, -0.05) is 357 Å². The monoisotopic (exact) mass is 1440 g/mol. The molecule has 0 spiro atoms. The molecule has 0 saturated carbocycles. The van der Waals surface area contributed by atoms with Crippen molar-refractivity contribution in [1.29, 1.82) is 0 Å². The van der Waals surface area contributed by atoms with E-state index in [0.717, 1.165) is 114 Å². The summed E-state index contributed by atoms with van der Waals surface area (Å²) in [6, 6.07) is 0. The fourth-order valence-electron chi connectivity index (χ4n) is 12.1. The molecule has 3 unspecified atom stereocenters. The number of esters is 4. The van der Waals surface area contributed by atoms with Gasteiger partial charge < -0.3 is 33.8 Å². The third-order valence-electron chi connectivity index (χ3n) is 18.7. The molecule has 19 heteroatoms. The number of carbonyl (C=O) groups is 4. The molecule has 0 aromatic rings. The van der Waals surface area contributed by atoms with Crippen molar-refractivity contribution in [1.82, 2.24) is 0 Å². The second kappa shape index (κ2) is 69.4. The van der Waals surface area contributed by atoms with Crippen molar-refractivity contribution in [3.63, 3.8) is 0 Å². The summed E-state index contributed by atoms with van der Waals surface area (Å²) in [7, 11) is -9.91. The van der Waals surface area contributed by atoms with E-state index in [0.29, 0.717) is 25.7 Å². The minimum absolute atomic E-state index is 0.106. The van der Waals surface area contributed by atoms with Crippen LogP contribution in [0.15, 0.2) is 0 Å². The summed E-state index contributed by atoms with van der Waals surface area (Å²) in [6.45, 7) is 12.0. The largest absolute Gasteiger partial charge is 0.472 e. The number of aliphatic hydroxyl groups is 1. The molecular weight excluding hydrogens is 1280 g/mol. The molecule has 0 aromatic heterocycles. The SMILES string of the molecule is CCCCCCCCCCC(=O)OC[C@H](COP(=O)(O)OC[C@H](O)COP(=O)(O)OC[C@@H](COC(=O)CCCCCCCCCCCCCCC(C)C)OC(=O)CCCCCCCCCCCCCCCCCCCCC(C)CC)OC(=O)CCCCCCCCCCCCC(C)C. The smallest absolute Gasteiger partial charge is 0.462 e. The Morgan fingerprint density at radius 1 is 0.296 bits per heavy atom. The van der Waals surface area contributed by atoms with Crippen molar-refractivity contribution in [2.75, 3.05) is 39.6 Å². The maximum atomic E-state index is 13.1. The number of carbonyl (C=O) groups excluding carboxylic acids is 4. The lowest BCUT2D eigenvalue weighted by Gasteiger charge is -2.21. The molecule has 0 aliphatic rings. The maximum Gasteiger partial charge on any atom is 0.472 e. The van der Waals surface area contributed by atoms with Gasteiger partial charge in [0.05, 0.1) is 26.4 Å². The van der Waals surface area contributed by atoms with Crippen LogP contribution in [0, 0.1) is 17.8 Å². The van der Waals surface area contributed by atoms with Gasteiger partial charge in [-0.3, -0.25) is 37.3 Å². The zero-order chi connectivity index (χ0) is 72.3. The Morgan fingerprint density at radius 3 is 0.776 bits per heavy atom. The zero-order valence-electron chi connectivity index (χ0n) is 64.3. The lowest BCUT2D eigenvalue weighted by atomic mass is 9.99. The highest BCUT2D eigenvalue weighted by atomic mass is 31.2. The first-order chi connectivity index (χ1) is 47.3. The standard InChI is InChI=1S/C79H154O17P2/c1-8-10-11-12-13-39-46-53-60-76(81)89-66-74(95-79(84)63-56-49-42-35-29-28-31-37-44-51-58-71(5)6)68-93-97(85,86)91-64-73(80)65-92-98(87,88)94-69-75(67-90-77(82)61-54-47-40-33-26-23-22-24-30-36-43-50-57-70(3)4)96-78(83)62-55-48-41-34-27-21-19-17-15-14-16-18-20-25-32-38-45-52-59-72(7)9-2/h70-75,80H,8-69H2,1-7H3,(H,85,86)(H,87,88)/t72?,73-,74+,75+/m0/s1. The molecule has 0 aliphatic heterocycles. The Hall–Kier alpha value is -1.94. The predicted octanol–water partition coefficient (Wildman–Crippen LogP) is 23.4. The number of phosphoric ester groups is 2. The third-order valence-corrected chi connectivity index (χ3v) is 20.6. The fourth-order valence-corrected chi connectivity index (χ4v) is 13.7. The van der Waals surface area contributed by atoms with Gasteiger partial charge >= 0.3 is 39.5 Å². The lowest BCUT2D eigenvalue weighted by Crippen LogP contribution is -2.30. The Labute approximate surface area is 600 Å². The molecule has 0 aromatic carbocycles. The van der Waals surface area contributed by atoms with Crippen LogP contribution in [0.3, 0.4) is 0 Å². The van der Waals surface area contributed by atoms with Crippen molar-refractivity contribution in [3.05, 3.63) is 0 Å². The van der Waals surface area contributed by atoms with Gasteiger partial charge in [0, 0.05) is 25.7 Å². The molecule has 0 aliphatic carbocycles. The highest BCUT2D eigenvalue weighted by molar-refractivity contribution is 7.47. The molecule has 6 atom stereocenters. The highest BCUT2D eigenvalue weighted by Crippen LogP contribution is 2.45. The molecule has 0 saturated heterocycles. The van der Waals surface area contributed by atoms with Crippen molar-refractivity contribution < 1.29 is 80.2 Å². The molecule has 0 radical (unpaired) electrons.